The van der Waals surface area contributed by atoms with Crippen LogP contribution < -0.4 is 5.32 Å². The van der Waals surface area contributed by atoms with Crippen LogP contribution in [0.3, 0.4) is 0 Å². The first-order chi connectivity index (χ1) is 7.33. The molecule has 2 rings (SSSR count). The van der Waals surface area contributed by atoms with E-state index in [1.165, 1.54) is 51.5 Å². The third kappa shape index (κ3) is 2.54. The maximum Gasteiger partial charge on any atom is 0.0249 e. The maximum atomic E-state index is 3.45. The van der Waals surface area contributed by atoms with E-state index in [1.54, 1.807) is 0 Å². The lowest BCUT2D eigenvalue weighted by atomic mass is 9.94. The van der Waals surface area contributed by atoms with Crippen molar-refractivity contribution in [2.24, 2.45) is 0 Å². The zero-order valence-electron chi connectivity index (χ0n) is 10.3. The molecular formula is C13H26N2. The van der Waals surface area contributed by atoms with Gasteiger partial charge in [0.1, 0.15) is 0 Å². The number of piperidine rings is 1. The molecule has 0 spiro atoms. The van der Waals surface area contributed by atoms with E-state index in [1.807, 2.05) is 0 Å². The molecule has 0 radical (unpaired) electrons. The predicted molar refractivity (Wildman–Crippen MR) is 65.1 cm³/mol. The van der Waals surface area contributed by atoms with Gasteiger partial charge >= 0.3 is 0 Å². The second kappa shape index (κ2) is 5.31. The van der Waals surface area contributed by atoms with Crippen molar-refractivity contribution in [1.82, 2.24) is 10.2 Å². The van der Waals surface area contributed by atoms with Crippen LogP contribution in [0.25, 0.3) is 0 Å². The Morgan fingerprint density at radius 3 is 2.40 bits per heavy atom. The minimum atomic E-state index is 0.658. The van der Waals surface area contributed by atoms with E-state index in [0.717, 1.165) is 12.1 Å². The van der Waals surface area contributed by atoms with Gasteiger partial charge in [-0.05, 0) is 46.2 Å². The summed E-state index contributed by atoms with van der Waals surface area (Å²) in [6, 6.07) is 2.36. The summed E-state index contributed by atoms with van der Waals surface area (Å²) in [6.45, 7) is 3.69. The van der Waals surface area contributed by atoms with Crippen LogP contribution in [0, 0.1) is 0 Å². The zero-order valence-corrected chi connectivity index (χ0v) is 10.3. The Morgan fingerprint density at radius 1 is 1.07 bits per heavy atom. The molecule has 0 aromatic heterocycles. The molecule has 2 heteroatoms. The molecule has 2 nitrogen and oxygen atoms in total. The van der Waals surface area contributed by atoms with Crippen LogP contribution in [0.4, 0.5) is 0 Å². The Morgan fingerprint density at radius 2 is 1.73 bits per heavy atom. The van der Waals surface area contributed by atoms with Gasteiger partial charge in [0.15, 0.2) is 0 Å². The highest BCUT2D eigenvalue weighted by atomic mass is 15.2. The summed E-state index contributed by atoms with van der Waals surface area (Å²) < 4.78 is 0. The highest BCUT2D eigenvalue weighted by molar-refractivity contribution is 4.90. The highest BCUT2D eigenvalue weighted by Gasteiger charge is 2.32. The molecule has 0 bridgehead atoms. The Labute approximate surface area is 94.4 Å². The molecule has 2 aliphatic rings. The monoisotopic (exact) mass is 210 g/mol. The minimum absolute atomic E-state index is 0.658. The normalized spacial score (nSPS) is 32.0. The lowest BCUT2D eigenvalue weighted by molar-refractivity contribution is 0.0769. The van der Waals surface area contributed by atoms with Crippen molar-refractivity contribution < 1.29 is 0 Å². The van der Waals surface area contributed by atoms with Gasteiger partial charge in [0, 0.05) is 18.1 Å². The molecule has 1 aliphatic heterocycles. The van der Waals surface area contributed by atoms with E-state index in [0.29, 0.717) is 6.04 Å². The second-order valence-electron chi connectivity index (χ2n) is 5.32. The van der Waals surface area contributed by atoms with E-state index in [9.17, 15) is 0 Å². The molecule has 1 heterocycles. The molecule has 0 aromatic rings. The Kier molecular flexibility index (Phi) is 4.04. The van der Waals surface area contributed by atoms with Crippen LogP contribution in [0.15, 0.2) is 0 Å². The molecule has 1 saturated heterocycles. The summed E-state index contributed by atoms with van der Waals surface area (Å²) in [4.78, 5) is 2.82. The van der Waals surface area contributed by atoms with Crippen molar-refractivity contribution in [3.8, 4) is 0 Å². The SMILES string of the molecule is CNC(C)C1CCCCN1C1CCCC1. The Hall–Kier alpha value is -0.0800. The third-order valence-corrected chi connectivity index (χ3v) is 4.42. The number of hydrogen-bond donors (Lipinski definition) is 1. The molecule has 0 aromatic carbocycles. The topological polar surface area (TPSA) is 15.3 Å². The largest absolute Gasteiger partial charge is 0.316 e. The van der Waals surface area contributed by atoms with Gasteiger partial charge in [-0.1, -0.05) is 19.3 Å². The zero-order chi connectivity index (χ0) is 10.7. The maximum absolute atomic E-state index is 3.45. The molecular weight excluding hydrogens is 184 g/mol. The Bertz CT molecular complexity index is 187. The van der Waals surface area contributed by atoms with E-state index in [-0.39, 0.29) is 0 Å². The van der Waals surface area contributed by atoms with Crippen molar-refractivity contribution in [3.05, 3.63) is 0 Å². The third-order valence-electron chi connectivity index (χ3n) is 4.42. The standard InChI is InChI=1S/C13H26N2/c1-11(14-2)13-9-5-6-10-15(13)12-7-3-4-8-12/h11-14H,3-10H2,1-2H3. The van der Waals surface area contributed by atoms with Crippen LogP contribution in [0.1, 0.15) is 51.9 Å². The lowest BCUT2D eigenvalue weighted by Crippen LogP contribution is -2.53. The summed E-state index contributed by atoms with van der Waals surface area (Å²) in [7, 11) is 2.10. The van der Waals surface area contributed by atoms with Crippen LogP contribution in [0.5, 0.6) is 0 Å². The van der Waals surface area contributed by atoms with Gasteiger partial charge in [0.25, 0.3) is 0 Å². The highest BCUT2D eigenvalue weighted by Crippen LogP contribution is 2.30. The fourth-order valence-electron chi connectivity index (χ4n) is 3.40. The lowest BCUT2D eigenvalue weighted by Gasteiger charge is -2.42. The Balaban J connectivity index is 1.98. The van der Waals surface area contributed by atoms with Gasteiger partial charge < -0.3 is 5.32 Å². The summed E-state index contributed by atoms with van der Waals surface area (Å²) in [6.07, 6.45) is 10.1. The molecule has 88 valence electrons. The number of likely N-dealkylation sites (N-methyl/N-ethyl adjacent to an activating group) is 1. The molecule has 2 atom stereocenters. The van der Waals surface area contributed by atoms with E-state index in [4.69, 9.17) is 0 Å². The van der Waals surface area contributed by atoms with Crippen LogP contribution in [-0.2, 0) is 0 Å². The first-order valence-corrected chi connectivity index (χ1v) is 6.76. The number of nitrogens with one attached hydrogen (secondary N) is 1. The molecule has 2 fully saturated rings. The molecule has 0 amide bonds. The van der Waals surface area contributed by atoms with Gasteiger partial charge in [-0.3, -0.25) is 4.90 Å². The minimum Gasteiger partial charge on any atom is -0.316 e. The van der Waals surface area contributed by atoms with Gasteiger partial charge in [-0.2, -0.15) is 0 Å². The van der Waals surface area contributed by atoms with Crippen molar-refractivity contribution in [2.45, 2.75) is 70.0 Å². The average Bonchev–Trinajstić information content (AvgIpc) is 2.81. The molecule has 2 unspecified atom stereocenters. The van der Waals surface area contributed by atoms with Gasteiger partial charge in [0.05, 0.1) is 0 Å². The van der Waals surface area contributed by atoms with Crippen molar-refractivity contribution in [3.63, 3.8) is 0 Å². The smallest absolute Gasteiger partial charge is 0.0249 e. The van der Waals surface area contributed by atoms with Crippen molar-refractivity contribution in [1.29, 1.82) is 0 Å². The number of nitrogens with zero attached hydrogens (tertiary/aromatic N) is 1. The number of rotatable bonds is 3. The summed E-state index contributed by atoms with van der Waals surface area (Å²) in [5.41, 5.74) is 0. The van der Waals surface area contributed by atoms with E-state index in [2.05, 4.69) is 24.2 Å². The van der Waals surface area contributed by atoms with E-state index < -0.39 is 0 Å². The van der Waals surface area contributed by atoms with Crippen molar-refractivity contribution >= 4 is 0 Å². The van der Waals surface area contributed by atoms with Gasteiger partial charge in [0.2, 0.25) is 0 Å². The molecule has 1 N–H and O–H groups in total. The quantitative estimate of drug-likeness (QED) is 0.769. The number of hydrogen-bond acceptors (Lipinski definition) is 2. The number of likely N-dealkylation sites (tertiary alicyclic amines) is 1. The second-order valence-corrected chi connectivity index (χ2v) is 5.32. The molecule has 15 heavy (non-hydrogen) atoms. The fraction of sp³-hybridized carbons (Fsp3) is 1.00. The first kappa shape index (κ1) is 11.4. The molecule has 1 aliphatic carbocycles. The summed E-state index contributed by atoms with van der Waals surface area (Å²) in [5, 5.41) is 3.45. The van der Waals surface area contributed by atoms with Crippen molar-refractivity contribution in [2.75, 3.05) is 13.6 Å². The first-order valence-electron chi connectivity index (χ1n) is 6.76. The predicted octanol–water partition coefficient (Wildman–Crippen LogP) is 2.39. The fourth-order valence-corrected chi connectivity index (χ4v) is 3.40. The summed E-state index contributed by atoms with van der Waals surface area (Å²) in [5.74, 6) is 0. The van der Waals surface area contributed by atoms with E-state index >= 15 is 0 Å². The van der Waals surface area contributed by atoms with Crippen LogP contribution in [-0.4, -0.2) is 36.6 Å². The average molecular weight is 210 g/mol. The van der Waals surface area contributed by atoms with Crippen LogP contribution >= 0.6 is 0 Å². The summed E-state index contributed by atoms with van der Waals surface area (Å²) >= 11 is 0. The van der Waals surface area contributed by atoms with Gasteiger partial charge in [-0.25, -0.2) is 0 Å². The molecule has 1 saturated carbocycles. The van der Waals surface area contributed by atoms with Crippen LogP contribution in [0.2, 0.25) is 0 Å². The van der Waals surface area contributed by atoms with Gasteiger partial charge in [-0.15, -0.1) is 0 Å².